The number of allylic oxidation sites excluding steroid dienone is 2. The quantitative estimate of drug-likeness (QED) is 0.0261. The Morgan fingerprint density at radius 2 is 0.452 bits per heavy atom. The molecule has 0 saturated heterocycles. The minimum absolute atomic E-state index is 0.0654. The van der Waals surface area contributed by atoms with E-state index in [0.717, 1.165) is 57.8 Å². The van der Waals surface area contributed by atoms with Crippen molar-refractivity contribution in [2.24, 2.45) is 0 Å². The fourth-order valence-corrected chi connectivity index (χ4v) is 10.3. The molecule has 0 saturated carbocycles. The number of carbonyl (C=O) groups excluding carboxylic acids is 3. The van der Waals surface area contributed by atoms with Gasteiger partial charge in [0.1, 0.15) is 13.2 Å². The first-order valence-electron chi connectivity index (χ1n) is 33.2. The summed E-state index contributed by atoms with van der Waals surface area (Å²) in [6.07, 6.45) is 73.8. The Hall–Kier alpha value is -1.85. The molecule has 0 aromatic heterocycles. The van der Waals surface area contributed by atoms with E-state index in [-0.39, 0.29) is 31.1 Å². The molecule has 0 fully saturated rings. The first-order chi connectivity index (χ1) is 36.0. The second kappa shape index (κ2) is 62.7. The van der Waals surface area contributed by atoms with Crippen LogP contribution < -0.4 is 0 Å². The smallest absolute Gasteiger partial charge is 0.306 e. The molecular formula is C67H128O6. The predicted molar refractivity (Wildman–Crippen MR) is 317 cm³/mol. The molecule has 6 nitrogen and oxygen atoms in total. The van der Waals surface area contributed by atoms with Gasteiger partial charge in [-0.05, 0) is 44.9 Å². The zero-order valence-electron chi connectivity index (χ0n) is 49.7. The topological polar surface area (TPSA) is 78.9 Å². The summed E-state index contributed by atoms with van der Waals surface area (Å²) in [6.45, 7) is 6.70. The average Bonchev–Trinajstić information content (AvgIpc) is 3.39. The second-order valence-electron chi connectivity index (χ2n) is 22.7. The van der Waals surface area contributed by atoms with E-state index in [2.05, 4.69) is 32.9 Å². The van der Waals surface area contributed by atoms with E-state index in [1.807, 2.05) is 0 Å². The highest BCUT2D eigenvalue weighted by Gasteiger charge is 2.19. The summed E-state index contributed by atoms with van der Waals surface area (Å²) in [6, 6.07) is 0. The molecule has 0 aliphatic heterocycles. The molecule has 73 heavy (non-hydrogen) atoms. The van der Waals surface area contributed by atoms with Gasteiger partial charge in [0.15, 0.2) is 6.10 Å². The first kappa shape index (κ1) is 71.2. The van der Waals surface area contributed by atoms with Crippen molar-refractivity contribution in [3.8, 4) is 0 Å². The van der Waals surface area contributed by atoms with Gasteiger partial charge in [0.05, 0.1) is 0 Å². The van der Waals surface area contributed by atoms with Crippen LogP contribution in [0.25, 0.3) is 0 Å². The lowest BCUT2D eigenvalue weighted by molar-refractivity contribution is -0.167. The zero-order valence-corrected chi connectivity index (χ0v) is 49.7. The standard InChI is InChI=1S/C67H128O6/c1-4-7-10-13-16-19-22-24-26-28-29-30-31-32-33-34-35-36-37-39-40-42-45-48-51-54-57-60-66(69)72-63-64(62-71-65(68)59-56-53-50-47-44-21-18-15-12-9-6-3)73-67(70)61-58-55-52-49-46-43-41-38-27-25-23-20-17-14-11-8-5-2/h25,27,64H,4-24,26,28-63H2,1-3H3/b27-25-. The number of rotatable bonds is 62. The Bertz CT molecular complexity index is 1130. The molecule has 1 unspecified atom stereocenters. The molecule has 0 bridgehead atoms. The average molecular weight is 1030 g/mol. The lowest BCUT2D eigenvalue weighted by Crippen LogP contribution is -2.30. The van der Waals surface area contributed by atoms with Gasteiger partial charge >= 0.3 is 17.9 Å². The van der Waals surface area contributed by atoms with Crippen molar-refractivity contribution < 1.29 is 28.6 Å². The van der Waals surface area contributed by atoms with Crippen LogP contribution in [-0.2, 0) is 28.6 Å². The second-order valence-corrected chi connectivity index (χ2v) is 22.7. The van der Waals surface area contributed by atoms with Gasteiger partial charge in [0, 0.05) is 19.3 Å². The van der Waals surface area contributed by atoms with Gasteiger partial charge in [-0.25, -0.2) is 0 Å². The third kappa shape index (κ3) is 60.9. The van der Waals surface area contributed by atoms with E-state index in [9.17, 15) is 14.4 Å². The van der Waals surface area contributed by atoms with Crippen LogP contribution in [0.1, 0.15) is 380 Å². The SMILES string of the molecule is CCCCCCCC/C=C\CCCCCCCCCC(=O)OC(COC(=O)CCCCCCCCCCCCC)COC(=O)CCCCCCCCCCCCCCCCCCCCCCCCCCCCC. The van der Waals surface area contributed by atoms with Gasteiger partial charge < -0.3 is 14.2 Å². The number of unbranched alkanes of at least 4 members (excludes halogenated alkanes) is 49. The van der Waals surface area contributed by atoms with Gasteiger partial charge in [0.25, 0.3) is 0 Å². The molecule has 0 spiro atoms. The Labute approximate surface area is 456 Å². The maximum absolute atomic E-state index is 12.9. The maximum atomic E-state index is 12.9. The maximum Gasteiger partial charge on any atom is 0.306 e. The third-order valence-electron chi connectivity index (χ3n) is 15.3. The van der Waals surface area contributed by atoms with Crippen molar-refractivity contribution >= 4 is 17.9 Å². The van der Waals surface area contributed by atoms with Crippen LogP contribution in [-0.4, -0.2) is 37.2 Å². The highest BCUT2D eigenvalue weighted by Crippen LogP contribution is 2.18. The lowest BCUT2D eigenvalue weighted by Gasteiger charge is -2.18. The number of carbonyl (C=O) groups is 3. The molecule has 0 radical (unpaired) electrons. The highest BCUT2D eigenvalue weighted by atomic mass is 16.6. The van der Waals surface area contributed by atoms with E-state index in [4.69, 9.17) is 14.2 Å². The van der Waals surface area contributed by atoms with Crippen molar-refractivity contribution in [2.45, 2.75) is 386 Å². The fourth-order valence-electron chi connectivity index (χ4n) is 10.3. The van der Waals surface area contributed by atoms with Crippen LogP contribution in [0.2, 0.25) is 0 Å². The van der Waals surface area contributed by atoms with Gasteiger partial charge in [-0.1, -0.05) is 328 Å². The summed E-state index contributed by atoms with van der Waals surface area (Å²) in [7, 11) is 0. The number of ether oxygens (including phenoxy) is 3. The number of hydrogen-bond acceptors (Lipinski definition) is 6. The summed E-state index contributed by atoms with van der Waals surface area (Å²) >= 11 is 0. The minimum Gasteiger partial charge on any atom is -0.462 e. The Kier molecular flexibility index (Phi) is 61.1. The molecule has 0 N–H and O–H groups in total. The summed E-state index contributed by atoms with van der Waals surface area (Å²) < 4.78 is 16.9. The summed E-state index contributed by atoms with van der Waals surface area (Å²) in [5.74, 6) is -0.842. The minimum atomic E-state index is -0.767. The largest absolute Gasteiger partial charge is 0.462 e. The normalized spacial score (nSPS) is 12.0. The first-order valence-corrected chi connectivity index (χ1v) is 33.2. The van der Waals surface area contributed by atoms with Crippen molar-refractivity contribution in [2.75, 3.05) is 13.2 Å². The molecule has 0 aromatic rings. The van der Waals surface area contributed by atoms with E-state index in [1.54, 1.807) is 0 Å². The molecule has 6 heteroatoms. The van der Waals surface area contributed by atoms with E-state index >= 15 is 0 Å². The number of hydrogen-bond donors (Lipinski definition) is 0. The van der Waals surface area contributed by atoms with E-state index in [0.29, 0.717) is 19.3 Å². The molecule has 0 amide bonds. The van der Waals surface area contributed by atoms with Gasteiger partial charge in [-0.15, -0.1) is 0 Å². The third-order valence-corrected chi connectivity index (χ3v) is 15.3. The summed E-state index contributed by atoms with van der Waals surface area (Å²) in [5, 5.41) is 0. The van der Waals surface area contributed by atoms with Gasteiger partial charge in [0.2, 0.25) is 0 Å². The molecule has 0 rings (SSSR count). The van der Waals surface area contributed by atoms with Crippen LogP contribution in [0.4, 0.5) is 0 Å². The monoisotopic (exact) mass is 1030 g/mol. The molecule has 0 aliphatic rings. The van der Waals surface area contributed by atoms with Crippen LogP contribution in [0.3, 0.4) is 0 Å². The van der Waals surface area contributed by atoms with Crippen molar-refractivity contribution in [3.05, 3.63) is 12.2 Å². The fraction of sp³-hybridized carbons (Fsp3) is 0.925. The van der Waals surface area contributed by atoms with Crippen LogP contribution in [0.5, 0.6) is 0 Å². The Balaban J connectivity index is 4.14. The molecule has 0 aliphatic carbocycles. The molecule has 0 heterocycles. The predicted octanol–water partition coefficient (Wildman–Crippen LogP) is 22.4. The van der Waals surface area contributed by atoms with Crippen molar-refractivity contribution in [1.82, 2.24) is 0 Å². The molecule has 0 aromatic carbocycles. The highest BCUT2D eigenvalue weighted by molar-refractivity contribution is 5.71. The van der Waals surface area contributed by atoms with Crippen molar-refractivity contribution in [3.63, 3.8) is 0 Å². The van der Waals surface area contributed by atoms with Crippen molar-refractivity contribution in [1.29, 1.82) is 0 Å². The van der Waals surface area contributed by atoms with Crippen LogP contribution in [0, 0.1) is 0 Å². The molecule has 432 valence electrons. The Morgan fingerprint density at radius 1 is 0.260 bits per heavy atom. The summed E-state index contributed by atoms with van der Waals surface area (Å²) in [4.78, 5) is 38.2. The van der Waals surface area contributed by atoms with E-state index < -0.39 is 6.10 Å². The summed E-state index contributed by atoms with van der Waals surface area (Å²) in [5.41, 5.74) is 0. The zero-order chi connectivity index (χ0) is 52.9. The molecular weight excluding hydrogens is 901 g/mol. The van der Waals surface area contributed by atoms with Crippen LogP contribution >= 0.6 is 0 Å². The van der Waals surface area contributed by atoms with Gasteiger partial charge in [-0.3, -0.25) is 14.4 Å². The van der Waals surface area contributed by atoms with E-state index in [1.165, 1.54) is 283 Å². The van der Waals surface area contributed by atoms with Crippen LogP contribution in [0.15, 0.2) is 12.2 Å². The lowest BCUT2D eigenvalue weighted by atomic mass is 10.0. The molecule has 1 atom stereocenters. The Morgan fingerprint density at radius 3 is 0.685 bits per heavy atom. The number of esters is 3. The van der Waals surface area contributed by atoms with Gasteiger partial charge in [-0.2, -0.15) is 0 Å².